The van der Waals surface area contributed by atoms with Crippen molar-refractivity contribution < 1.29 is 0 Å². The second kappa shape index (κ2) is 2.73. The van der Waals surface area contributed by atoms with Gasteiger partial charge in [0.2, 0.25) is 0 Å². The molecule has 0 spiro atoms. The summed E-state index contributed by atoms with van der Waals surface area (Å²) in [5.41, 5.74) is 8.48. The molecular weight excluding hydrogens is 150 g/mol. The zero-order valence-electron chi connectivity index (χ0n) is 8.05. The normalized spacial score (nSPS) is 11.7. The van der Waals surface area contributed by atoms with Crippen LogP contribution in [-0.2, 0) is 5.41 Å². The van der Waals surface area contributed by atoms with Crippen molar-refractivity contribution in [2.75, 3.05) is 5.73 Å². The first-order valence-corrected chi connectivity index (χ1v) is 4.01. The third-order valence-electron chi connectivity index (χ3n) is 1.80. The molecule has 0 radical (unpaired) electrons. The van der Waals surface area contributed by atoms with E-state index in [4.69, 9.17) is 5.73 Å². The lowest BCUT2D eigenvalue weighted by Crippen LogP contribution is -2.17. The first-order chi connectivity index (χ1) is 5.43. The number of hydrogen-bond acceptors (Lipinski definition) is 3. The summed E-state index contributed by atoms with van der Waals surface area (Å²) in [6, 6.07) is 0. The SMILES string of the molecule is Cc1cnnc(C(C)(C)C)c1N. The van der Waals surface area contributed by atoms with Gasteiger partial charge in [-0.3, -0.25) is 0 Å². The lowest BCUT2D eigenvalue weighted by atomic mass is 9.90. The van der Waals surface area contributed by atoms with Crippen molar-refractivity contribution in [2.45, 2.75) is 33.1 Å². The Morgan fingerprint density at radius 1 is 1.33 bits per heavy atom. The molecule has 0 atom stereocenters. The summed E-state index contributed by atoms with van der Waals surface area (Å²) in [7, 11) is 0. The van der Waals surface area contributed by atoms with Crippen molar-refractivity contribution in [1.29, 1.82) is 0 Å². The molecule has 1 aromatic heterocycles. The maximum Gasteiger partial charge on any atom is 0.0915 e. The molecule has 3 nitrogen and oxygen atoms in total. The second-order valence-corrected chi connectivity index (χ2v) is 4.04. The van der Waals surface area contributed by atoms with Crippen LogP contribution in [0.2, 0.25) is 0 Å². The van der Waals surface area contributed by atoms with Gasteiger partial charge < -0.3 is 5.73 Å². The van der Waals surface area contributed by atoms with Crippen LogP contribution >= 0.6 is 0 Å². The highest BCUT2D eigenvalue weighted by Gasteiger charge is 2.19. The lowest BCUT2D eigenvalue weighted by Gasteiger charge is -2.19. The molecule has 0 unspecified atom stereocenters. The molecule has 0 aliphatic rings. The quantitative estimate of drug-likeness (QED) is 0.636. The molecule has 3 heteroatoms. The predicted octanol–water partition coefficient (Wildman–Crippen LogP) is 1.66. The standard InChI is InChI=1S/C9H15N3/c1-6-5-11-12-8(7(6)10)9(2,3)4/h5H,1-4H3,(H2,10,11). The highest BCUT2D eigenvalue weighted by atomic mass is 15.1. The fourth-order valence-electron chi connectivity index (χ4n) is 1.04. The molecule has 0 saturated carbocycles. The number of hydrogen-bond donors (Lipinski definition) is 1. The van der Waals surface area contributed by atoms with E-state index >= 15 is 0 Å². The second-order valence-electron chi connectivity index (χ2n) is 4.04. The number of aryl methyl sites for hydroxylation is 1. The van der Waals surface area contributed by atoms with Crippen molar-refractivity contribution >= 4 is 5.69 Å². The third-order valence-corrected chi connectivity index (χ3v) is 1.80. The average molecular weight is 165 g/mol. The smallest absolute Gasteiger partial charge is 0.0915 e. The van der Waals surface area contributed by atoms with Crippen LogP contribution in [0.1, 0.15) is 32.0 Å². The molecule has 0 fully saturated rings. The van der Waals surface area contributed by atoms with Crippen LogP contribution in [0.15, 0.2) is 6.20 Å². The molecule has 12 heavy (non-hydrogen) atoms. The topological polar surface area (TPSA) is 51.8 Å². The average Bonchev–Trinajstić information content (AvgIpc) is 1.92. The highest BCUT2D eigenvalue weighted by Crippen LogP contribution is 2.26. The lowest BCUT2D eigenvalue weighted by molar-refractivity contribution is 0.560. The summed E-state index contributed by atoms with van der Waals surface area (Å²) < 4.78 is 0. The molecule has 0 saturated heterocycles. The van der Waals surface area contributed by atoms with Crippen LogP contribution in [0.4, 0.5) is 5.69 Å². The number of rotatable bonds is 0. The third kappa shape index (κ3) is 1.55. The number of nitrogen functional groups attached to an aromatic ring is 1. The van der Waals surface area contributed by atoms with Crippen LogP contribution in [0.5, 0.6) is 0 Å². The first-order valence-electron chi connectivity index (χ1n) is 4.01. The molecule has 1 aromatic rings. The van der Waals surface area contributed by atoms with E-state index in [1.807, 2.05) is 6.92 Å². The van der Waals surface area contributed by atoms with Gasteiger partial charge in [-0.25, -0.2) is 0 Å². The zero-order chi connectivity index (χ0) is 9.35. The van der Waals surface area contributed by atoms with E-state index in [1.165, 1.54) is 0 Å². The minimum Gasteiger partial charge on any atom is -0.397 e. The van der Waals surface area contributed by atoms with E-state index in [-0.39, 0.29) is 5.41 Å². The maximum atomic E-state index is 5.87. The van der Waals surface area contributed by atoms with Gasteiger partial charge in [-0.1, -0.05) is 20.8 Å². The monoisotopic (exact) mass is 165 g/mol. The minimum absolute atomic E-state index is 0.0247. The van der Waals surface area contributed by atoms with Crippen LogP contribution in [0.25, 0.3) is 0 Å². The number of nitrogens with zero attached hydrogens (tertiary/aromatic N) is 2. The van der Waals surface area contributed by atoms with Crippen molar-refractivity contribution in [3.8, 4) is 0 Å². The van der Waals surface area contributed by atoms with Gasteiger partial charge >= 0.3 is 0 Å². The molecule has 2 N–H and O–H groups in total. The molecular formula is C9H15N3. The molecule has 0 bridgehead atoms. The van der Waals surface area contributed by atoms with Gasteiger partial charge in [0.25, 0.3) is 0 Å². The summed E-state index contributed by atoms with van der Waals surface area (Å²) in [6.07, 6.45) is 1.69. The van der Waals surface area contributed by atoms with E-state index in [1.54, 1.807) is 6.20 Å². The summed E-state index contributed by atoms with van der Waals surface area (Å²) in [5.74, 6) is 0. The van der Waals surface area contributed by atoms with E-state index < -0.39 is 0 Å². The van der Waals surface area contributed by atoms with E-state index in [0.29, 0.717) is 0 Å². The van der Waals surface area contributed by atoms with Gasteiger partial charge in [0.15, 0.2) is 0 Å². The Morgan fingerprint density at radius 2 is 1.92 bits per heavy atom. The Labute approximate surface area is 73.0 Å². The van der Waals surface area contributed by atoms with E-state index in [0.717, 1.165) is 16.9 Å². The van der Waals surface area contributed by atoms with Gasteiger partial charge in [-0.2, -0.15) is 10.2 Å². The largest absolute Gasteiger partial charge is 0.397 e. The summed E-state index contributed by atoms with van der Waals surface area (Å²) in [5, 5.41) is 7.92. The molecule has 0 aliphatic heterocycles. The number of anilines is 1. The van der Waals surface area contributed by atoms with Gasteiger partial charge in [-0.15, -0.1) is 0 Å². The van der Waals surface area contributed by atoms with Crippen LogP contribution in [0.3, 0.4) is 0 Å². The van der Waals surface area contributed by atoms with Crippen LogP contribution in [-0.4, -0.2) is 10.2 Å². The molecule has 1 heterocycles. The Hall–Kier alpha value is -1.12. The summed E-state index contributed by atoms with van der Waals surface area (Å²) >= 11 is 0. The molecule has 0 aliphatic carbocycles. The Balaban J connectivity index is 3.26. The fourth-order valence-corrected chi connectivity index (χ4v) is 1.04. The van der Waals surface area contributed by atoms with Crippen LogP contribution < -0.4 is 5.73 Å². The molecule has 66 valence electrons. The van der Waals surface area contributed by atoms with Crippen molar-refractivity contribution in [1.82, 2.24) is 10.2 Å². The van der Waals surface area contributed by atoms with Crippen molar-refractivity contribution in [3.63, 3.8) is 0 Å². The van der Waals surface area contributed by atoms with E-state index in [2.05, 4.69) is 31.0 Å². The number of nitrogens with two attached hydrogens (primary N) is 1. The van der Waals surface area contributed by atoms with Gasteiger partial charge in [0.1, 0.15) is 0 Å². The summed E-state index contributed by atoms with van der Waals surface area (Å²) in [4.78, 5) is 0. The van der Waals surface area contributed by atoms with Gasteiger partial charge in [-0.05, 0) is 12.5 Å². The minimum atomic E-state index is -0.0247. The Morgan fingerprint density at radius 3 is 2.33 bits per heavy atom. The van der Waals surface area contributed by atoms with Crippen molar-refractivity contribution in [3.05, 3.63) is 17.5 Å². The molecule has 1 rings (SSSR count). The maximum absolute atomic E-state index is 5.87. The van der Waals surface area contributed by atoms with Crippen LogP contribution in [0, 0.1) is 6.92 Å². The first kappa shape index (κ1) is 8.97. The molecule has 0 amide bonds. The zero-order valence-corrected chi connectivity index (χ0v) is 8.05. The van der Waals surface area contributed by atoms with E-state index in [9.17, 15) is 0 Å². The molecule has 0 aromatic carbocycles. The van der Waals surface area contributed by atoms with Gasteiger partial charge in [0, 0.05) is 5.41 Å². The highest BCUT2D eigenvalue weighted by molar-refractivity contribution is 5.50. The fraction of sp³-hybridized carbons (Fsp3) is 0.556. The Kier molecular flexibility index (Phi) is 2.04. The summed E-state index contributed by atoms with van der Waals surface area (Å²) in [6.45, 7) is 8.17. The number of aromatic nitrogens is 2. The van der Waals surface area contributed by atoms with Crippen molar-refractivity contribution in [2.24, 2.45) is 0 Å². The van der Waals surface area contributed by atoms with Gasteiger partial charge in [0.05, 0.1) is 17.6 Å². The predicted molar refractivity (Wildman–Crippen MR) is 49.9 cm³/mol. The Bertz CT molecular complexity index is 286.